The number of likely N-dealkylation sites (tertiary alicyclic amines) is 1. The van der Waals surface area contributed by atoms with Crippen LogP contribution in [-0.2, 0) is 41.8 Å². The van der Waals surface area contributed by atoms with E-state index in [0.29, 0.717) is 0 Å². The van der Waals surface area contributed by atoms with E-state index in [-0.39, 0.29) is 35.5 Å². The van der Waals surface area contributed by atoms with E-state index < -0.39 is 64.6 Å². The predicted octanol–water partition coefficient (Wildman–Crippen LogP) is 2.57. The molecule has 1 fully saturated rings. The zero-order chi connectivity index (χ0) is 29.4. The molecule has 2 aromatic carbocycles. The Hall–Kier alpha value is -4.79. The first-order chi connectivity index (χ1) is 19.0. The third-order valence-electron chi connectivity index (χ3n) is 5.80. The van der Waals surface area contributed by atoms with Crippen molar-refractivity contribution in [3.8, 4) is 0 Å². The minimum Gasteiger partial charge on any atom is -0.466 e. The maximum atomic E-state index is 12.9. The number of β-lactam (4-membered cyclic amide) rings is 1. The van der Waals surface area contributed by atoms with Gasteiger partial charge in [-0.25, -0.2) is 9.59 Å². The van der Waals surface area contributed by atoms with E-state index in [2.05, 4.69) is 5.32 Å². The van der Waals surface area contributed by atoms with Gasteiger partial charge in [-0.05, 0) is 12.1 Å². The van der Waals surface area contributed by atoms with E-state index in [0.717, 1.165) is 4.90 Å². The number of alkyl carbamates (subject to hydrolysis) is 1. The topological polar surface area (TPSA) is 198 Å². The zero-order valence-electron chi connectivity index (χ0n) is 20.9. The van der Waals surface area contributed by atoms with Gasteiger partial charge >= 0.3 is 18.0 Å². The first-order valence-electron chi connectivity index (χ1n) is 11.7. The van der Waals surface area contributed by atoms with E-state index in [1.165, 1.54) is 55.5 Å². The molecule has 1 aliphatic rings. The van der Waals surface area contributed by atoms with Gasteiger partial charge in [-0.1, -0.05) is 35.9 Å². The molecule has 1 aliphatic heterocycles. The lowest BCUT2D eigenvalue weighted by atomic mass is 9.92. The number of hydrogen-bond donors (Lipinski definition) is 1. The van der Waals surface area contributed by atoms with Crippen LogP contribution < -0.4 is 5.32 Å². The number of rotatable bonds is 12. The number of ether oxygens (including phenoxy) is 3. The number of amides is 2. The number of hydrogen-bond acceptors (Lipinski definition) is 11. The number of esters is 2. The summed E-state index contributed by atoms with van der Waals surface area (Å²) in [6, 6.07) is 9.05. The van der Waals surface area contributed by atoms with Gasteiger partial charge in [0.2, 0.25) is 11.4 Å². The number of nitro benzene ring substituents is 2. The largest absolute Gasteiger partial charge is 0.466 e. The number of nitrogens with one attached hydrogen (secondary N) is 1. The van der Waals surface area contributed by atoms with Gasteiger partial charge in [-0.2, -0.15) is 0 Å². The molecule has 3 rings (SSSR count). The SMILES string of the molecule is CC(=O)OCC[C@H]1[C@H](NC(=O)OCc2ccccc2[N+](=O)[O-])C(=O)N1C(Cl)C(=O)OCc1ccccc1[N+](=O)[O-]. The second-order valence-electron chi connectivity index (χ2n) is 8.35. The molecule has 0 aliphatic carbocycles. The van der Waals surface area contributed by atoms with Crippen LogP contribution in [0.4, 0.5) is 16.2 Å². The van der Waals surface area contributed by atoms with Gasteiger partial charge in [0.15, 0.2) is 0 Å². The average molecular weight is 579 g/mol. The number of benzene rings is 2. The standard InChI is InChI=1S/C24H23ClN4O11/c1-14(30)38-11-10-19-20(26-24(33)40-13-16-7-3-5-9-18(16)29(36)37)22(31)27(19)21(25)23(32)39-12-15-6-2-4-8-17(15)28(34)35/h2-9,19-21H,10-13H2,1H3,(H,26,33)/t19-,20-,21?/m0/s1. The monoisotopic (exact) mass is 578 g/mol. The van der Waals surface area contributed by atoms with Crippen LogP contribution in [0.15, 0.2) is 48.5 Å². The molecule has 0 saturated carbocycles. The highest BCUT2D eigenvalue weighted by molar-refractivity contribution is 6.31. The number of alkyl halides is 1. The van der Waals surface area contributed by atoms with E-state index in [1.807, 2.05) is 0 Å². The quantitative estimate of drug-likeness (QED) is 0.0738. The van der Waals surface area contributed by atoms with Crippen molar-refractivity contribution in [3.05, 3.63) is 79.9 Å². The van der Waals surface area contributed by atoms with Crippen molar-refractivity contribution in [3.63, 3.8) is 0 Å². The third kappa shape index (κ3) is 7.19. The summed E-state index contributed by atoms with van der Waals surface area (Å²) in [7, 11) is 0. The normalized spacial score (nSPS) is 16.8. The van der Waals surface area contributed by atoms with Gasteiger partial charge in [-0.15, -0.1) is 0 Å². The number of nitro groups is 2. The molecular formula is C24H23ClN4O11. The Bertz CT molecular complexity index is 1320. The first kappa shape index (κ1) is 29.8. The Labute approximate surface area is 231 Å². The maximum Gasteiger partial charge on any atom is 0.408 e. The van der Waals surface area contributed by atoms with Gasteiger partial charge in [0.05, 0.1) is 33.6 Å². The van der Waals surface area contributed by atoms with Crippen molar-refractivity contribution in [2.24, 2.45) is 0 Å². The molecule has 0 radical (unpaired) electrons. The molecule has 0 spiro atoms. The van der Waals surface area contributed by atoms with Crippen LogP contribution in [0.5, 0.6) is 0 Å². The highest BCUT2D eigenvalue weighted by Gasteiger charge is 2.53. The summed E-state index contributed by atoms with van der Waals surface area (Å²) >= 11 is 6.20. The highest BCUT2D eigenvalue weighted by atomic mass is 35.5. The lowest BCUT2D eigenvalue weighted by molar-refractivity contribution is -0.386. The lowest BCUT2D eigenvalue weighted by Gasteiger charge is -2.48. The van der Waals surface area contributed by atoms with E-state index in [1.54, 1.807) is 0 Å². The van der Waals surface area contributed by atoms with Crippen molar-refractivity contribution < 1.29 is 43.2 Å². The van der Waals surface area contributed by atoms with Gasteiger partial charge < -0.3 is 24.4 Å². The Kier molecular flexibility index (Phi) is 9.92. The van der Waals surface area contributed by atoms with Crippen LogP contribution in [0.1, 0.15) is 24.5 Å². The zero-order valence-corrected chi connectivity index (χ0v) is 21.6. The van der Waals surface area contributed by atoms with Crippen LogP contribution in [0.2, 0.25) is 0 Å². The molecule has 0 aromatic heterocycles. The summed E-state index contributed by atoms with van der Waals surface area (Å²) < 4.78 is 15.0. The molecule has 2 amide bonds. The van der Waals surface area contributed by atoms with Gasteiger partial charge in [0.1, 0.15) is 19.3 Å². The molecule has 3 atom stereocenters. The molecular weight excluding hydrogens is 556 g/mol. The molecule has 0 bridgehead atoms. The summed E-state index contributed by atoms with van der Waals surface area (Å²) in [5.41, 5.74) is -1.97. The van der Waals surface area contributed by atoms with E-state index in [4.69, 9.17) is 25.8 Å². The summed E-state index contributed by atoms with van der Waals surface area (Å²) in [5.74, 6) is -2.46. The molecule has 40 heavy (non-hydrogen) atoms. The Morgan fingerprint density at radius 2 is 1.48 bits per heavy atom. The second-order valence-corrected chi connectivity index (χ2v) is 8.77. The first-order valence-corrected chi connectivity index (χ1v) is 12.1. The van der Waals surface area contributed by atoms with E-state index in [9.17, 15) is 39.4 Å². The molecule has 212 valence electrons. The Balaban J connectivity index is 1.65. The predicted molar refractivity (Wildman–Crippen MR) is 135 cm³/mol. The van der Waals surface area contributed by atoms with Crippen LogP contribution in [0.25, 0.3) is 0 Å². The molecule has 2 aromatic rings. The fourth-order valence-corrected chi connectivity index (χ4v) is 4.20. The fourth-order valence-electron chi connectivity index (χ4n) is 3.90. The van der Waals surface area contributed by atoms with Gasteiger partial charge in [0, 0.05) is 25.5 Å². The number of halogens is 1. The van der Waals surface area contributed by atoms with Crippen molar-refractivity contribution in [2.45, 2.75) is 44.1 Å². The smallest absolute Gasteiger partial charge is 0.408 e. The summed E-state index contributed by atoms with van der Waals surface area (Å²) in [6.45, 7) is 0.0485. The van der Waals surface area contributed by atoms with Gasteiger partial charge in [-0.3, -0.25) is 29.8 Å². The molecule has 16 heteroatoms. The van der Waals surface area contributed by atoms with E-state index >= 15 is 0 Å². The van der Waals surface area contributed by atoms with Crippen molar-refractivity contribution in [1.82, 2.24) is 10.2 Å². The third-order valence-corrected chi connectivity index (χ3v) is 6.19. The number of carbonyl (C=O) groups is 4. The van der Waals surface area contributed by atoms with Crippen LogP contribution >= 0.6 is 11.6 Å². The van der Waals surface area contributed by atoms with Crippen LogP contribution in [0, 0.1) is 20.2 Å². The number of nitrogens with zero attached hydrogens (tertiary/aromatic N) is 3. The van der Waals surface area contributed by atoms with Crippen LogP contribution in [-0.4, -0.2) is 62.9 Å². The second kappa shape index (κ2) is 13.3. The van der Waals surface area contributed by atoms with Crippen molar-refractivity contribution in [1.29, 1.82) is 0 Å². The Morgan fingerprint density at radius 3 is 2.00 bits per heavy atom. The highest BCUT2D eigenvalue weighted by Crippen LogP contribution is 2.29. The van der Waals surface area contributed by atoms with Gasteiger partial charge in [0.25, 0.3) is 11.4 Å². The van der Waals surface area contributed by atoms with Crippen LogP contribution in [0.3, 0.4) is 0 Å². The molecule has 1 saturated heterocycles. The number of carbonyl (C=O) groups excluding carboxylic acids is 4. The average Bonchev–Trinajstić information content (AvgIpc) is 2.92. The molecule has 1 heterocycles. The molecule has 1 N–H and O–H groups in total. The van der Waals surface area contributed by atoms with Crippen molar-refractivity contribution in [2.75, 3.05) is 6.61 Å². The summed E-state index contributed by atoms with van der Waals surface area (Å²) in [6.07, 6.45) is -1.10. The maximum absolute atomic E-state index is 12.9. The Morgan fingerprint density at radius 1 is 0.950 bits per heavy atom. The molecule has 1 unspecified atom stereocenters. The summed E-state index contributed by atoms with van der Waals surface area (Å²) in [4.78, 5) is 71.0. The minimum atomic E-state index is -1.67. The molecule has 15 nitrogen and oxygen atoms in total. The fraction of sp³-hybridized carbons (Fsp3) is 0.333. The summed E-state index contributed by atoms with van der Waals surface area (Å²) in [5, 5.41) is 24.6. The van der Waals surface area contributed by atoms with Crippen molar-refractivity contribution >= 4 is 46.9 Å². The lowest BCUT2D eigenvalue weighted by Crippen LogP contribution is -2.73. The number of para-hydroxylation sites is 2. The minimum absolute atomic E-state index is 0.0267.